The van der Waals surface area contributed by atoms with Crippen molar-refractivity contribution in [1.29, 1.82) is 0 Å². The Bertz CT molecular complexity index is 418. The highest BCUT2D eigenvalue weighted by Crippen LogP contribution is 2.19. The van der Waals surface area contributed by atoms with Crippen LogP contribution in [0.1, 0.15) is 30.6 Å². The van der Waals surface area contributed by atoms with Crippen LogP contribution in [0.2, 0.25) is 0 Å². The summed E-state index contributed by atoms with van der Waals surface area (Å²) < 4.78 is 10.4. The fourth-order valence-electron chi connectivity index (χ4n) is 1.83. The van der Waals surface area contributed by atoms with Crippen LogP contribution >= 0.6 is 0 Å². The molecule has 0 aliphatic heterocycles. The first-order valence-corrected chi connectivity index (χ1v) is 7.02. The molecule has 0 spiro atoms. The van der Waals surface area contributed by atoms with Gasteiger partial charge in [0.1, 0.15) is 0 Å². The molecule has 0 bridgehead atoms. The van der Waals surface area contributed by atoms with Gasteiger partial charge in [-0.25, -0.2) is 4.79 Å². The Labute approximate surface area is 121 Å². The van der Waals surface area contributed by atoms with E-state index in [4.69, 9.17) is 9.47 Å². The first-order valence-electron chi connectivity index (χ1n) is 7.02. The van der Waals surface area contributed by atoms with E-state index in [9.17, 15) is 4.79 Å². The fraction of sp³-hybridized carbons (Fsp3) is 0.562. The highest BCUT2D eigenvalue weighted by molar-refractivity contribution is 5.95. The number of hydrogen-bond acceptors (Lipinski definition) is 4. The van der Waals surface area contributed by atoms with E-state index in [1.54, 1.807) is 6.07 Å². The maximum absolute atomic E-state index is 11.7. The number of nitrogens with zero attached hydrogens (tertiary/aromatic N) is 1. The second kappa shape index (κ2) is 8.59. The molecule has 0 aliphatic rings. The van der Waals surface area contributed by atoms with Crippen molar-refractivity contribution in [3.63, 3.8) is 0 Å². The van der Waals surface area contributed by atoms with Crippen molar-refractivity contribution < 1.29 is 14.3 Å². The Morgan fingerprint density at radius 3 is 2.60 bits per heavy atom. The van der Waals surface area contributed by atoms with Crippen LogP contribution in [0.25, 0.3) is 0 Å². The number of rotatable bonds is 8. The maximum Gasteiger partial charge on any atom is 0.339 e. The third kappa shape index (κ3) is 5.21. The topological polar surface area (TPSA) is 38.8 Å². The van der Waals surface area contributed by atoms with Gasteiger partial charge in [0.25, 0.3) is 0 Å². The van der Waals surface area contributed by atoms with Crippen molar-refractivity contribution in [2.45, 2.75) is 20.3 Å². The van der Waals surface area contributed by atoms with Crippen molar-refractivity contribution in [3.05, 3.63) is 29.8 Å². The van der Waals surface area contributed by atoms with E-state index >= 15 is 0 Å². The molecular formula is C16H25NO3. The zero-order chi connectivity index (χ0) is 15.0. The van der Waals surface area contributed by atoms with Crippen molar-refractivity contribution in [1.82, 2.24) is 0 Å². The van der Waals surface area contributed by atoms with Gasteiger partial charge in [-0.3, -0.25) is 0 Å². The van der Waals surface area contributed by atoms with Gasteiger partial charge >= 0.3 is 5.97 Å². The van der Waals surface area contributed by atoms with E-state index in [-0.39, 0.29) is 5.97 Å². The minimum Gasteiger partial charge on any atom is -0.465 e. The molecule has 112 valence electrons. The van der Waals surface area contributed by atoms with E-state index in [0.717, 1.165) is 25.3 Å². The van der Waals surface area contributed by atoms with E-state index in [1.807, 2.05) is 30.1 Å². The van der Waals surface area contributed by atoms with Crippen LogP contribution < -0.4 is 4.90 Å². The van der Waals surface area contributed by atoms with Gasteiger partial charge in [0.15, 0.2) is 0 Å². The summed E-state index contributed by atoms with van der Waals surface area (Å²) in [6.45, 7) is 6.54. The number of ether oxygens (including phenoxy) is 2. The lowest BCUT2D eigenvalue weighted by Crippen LogP contribution is -2.25. The zero-order valence-corrected chi connectivity index (χ0v) is 12.9. The van der Waals surface area contributed by atoms with Gasteiger partial charge in [-0.05, 0) is 24.5 Å². The summed E-state index contributed by atoms with van der Waals surface area (Å²) in [6.07, 6.45) is 1.07. The average Bonchev–Trinajstić information content (AvgIpc) is 2.45. The van der Waals surface area contributed by atoms with Crippen molar-refractivity contribution in [2.75, 3.05) is 38.8 Å². The molecule has 4 heteroatoms. The Morgan fingerprint density at radius 2 is 1.95 bits per heavy atom. The lowest BCUT2D eigenvalue weighted by Gasteiger charge is -2.21. The lowest BCUT2D eigenvalue weighted by atomic mass is 10.1. The summed E-state index contributed by atoms with van der Waals surface area (Å²) in [5.74, 6) is 0.348. The summed E-state index contributed by atoms with van der Waals surface area (Å²) in [5.41, 5.74) is 1.45. The molecule has 0 unspecified atom stereocenters. The molecule has 0 aromatic heterocycles. The number of carbonyl (C=O) groups excluding carboxylic acids is 1. The van der Waals surface area contributed by atoms with Gasteiger partial charge in [-0.1, -0.05) is 26.0 Å². The van der Waals surface area contributed by atoms with Gasteiger partial charge < -0.3 is 14.4 Å². The molecule has 20 heavy (non-hydrogen) atoms. The molecule has 0 radical (unpaired) electrons. The van der Waals surface area contributed by atoms with Crippen molar-refractivity contribution >= 4 is 11.7 Å². The number of methoxy groups -OCH3 is 1. The second-order valence-corrected chi connectivity index (χ2v) is 5.23. The third-order valence-corrected chi connectivity index (χ3v) is 3.13. The van der Waals surface area contributed by atoms with Gasteiger partial charge in [-0.15, -0.1) is 0 Å². The fourth-order valence-corrected chi connectivity index (χ4v) is 1.83. The summed E-state index contributed by atoms with van der Waals surface area (Å²) >= 11 is 0. The van der Waals surface area contributed by atoms with Crippen LogP contribution in [0.5, 0.6) is 0 Å². The Kier molecular flexibility index (Phi) is 7.09. The van der Waals surface area contributed by atoms with Gasteiger partial charge in [-0.2, -0.15) is 0 Å². The van der Waals surface area contributed by atoms with Crippen LogP contribution in [-0.4, -0.2) is 39.9 Å². The monoisotopic (exact) mass is 279 g/mol. The first kappa shape index (κ1) is 16.5. The molecule has 4 nitrogen and oxygen atoms in total. The van der Waals surface area contributed by atoms with Gasteiger partial charge in [0, 0.05) is 20.2 Å². The number of benzene rings is 1. The summed E-state index contributed by atoms with van der Waals surface area (Å²) in [6, 6.07) is 7.44. The Morgan fingerprint density at radius 1 is 1.25 bits per heavy atom. The van der Waals surface area contributed by atoms with Crippen LogP contribution in [-0.2, 0) is 9.47 Å². The van der Waals surface area contributed by atoms with Crippen LogP contribution in [0, 0.1) is 5.92 Å². The number of likely N-dealkylation sites (N-methyl/N-ethyl adjacent to an activating group) is 1. The van der Waals surface area contributed by atoms with E-state index < -0.39 is 0 Å². The quantitative estimate of drug-likeness (QED) is 0.542. The molecule has 0 saturated heterocycles. The standard InChI is InChI=1S/C16H25NO3/c1-13(2)9-11-20-12-10-17(3)15-8-6-5-7-14(15)16(18)19-4/h5-8,13H,9-12H2,1-4H3. The van der Waals surface area contributed by atoms with Crippen molar-refractivity contribution in [2.24, 2.45) is 5.92 Å². The Balaban J connectivity index is 2.51. The van der Waals surface area contributed by atoms with Crippen LogP contribution in [0.15, 0.2) is 24.3 Å². The van der Waals surface area contributed by atoms with E-state index in [1.165, 1.54) is 7.11 Å². The molecule has 1 aromatic carbocycles. The number of hydrogen-bond donors (Lipinski definition) is 0. The summed E-state index contributed by atoms with van der Waals surface area (Å²) in [7, 11) is 3.35. The lowest BCUT2D eigenvalue weighted by molar-refractivity contribution is 0.0601. The summed E-state index contributed by atoms with van der Waals surface area (Å²) in [4.78, 5) is 13.7. The molecule has 0 amide bonds. The predicted molar refractivity (Wildman–Crippen MR) is 81.3 cm³/mol. The van der Waals surface area contributed by atoms with E-state index in [0.29, 0.717) is 18.1 Å². The number of esters is 1. The molecule has 1 aromatic rings. The highest BCUT2D eigenvalue weighted by Gasteiger charge is 2.13. The molecule has 0 N–H and O–H groups in total. The number of para-hydroxylation sites is 1. The number of carbonyl (C=O) groups is 1. The molecule has 0 heterocycles. The smallest absolute Gasteiger partial charge is 0.339 e. The van der Waals surface area contributed by atoms with Crippen molar-refractivity contribution in [3.8, 4) is 0 Å². The SMILES string of the molecule is COC(=O)c1ccccc1N(C)CCOCCC(C)C. The molecular weight excluding hydrogens is 254 g/mol. The molecule has 0 aliphatic carbocycles. The zero-order valence-electron chi connectivity index (χ0n) is 12.9. The number of anilines is 1. The van der Waals surface area contributed by atoms with Crippen LogP contribution in [0.3, 0.4) is 0 Å². The molecule has 0 saturated carbocycles. The molecule has 1 rings (SSSR count). The normalized spacial score (nSPS) is 10.7. The largest absolute Gasteiger partial charge is 0.465 e. The highest BCUT2D eigenvalue weighted by atomic mass is 16.5. The van der Waals surface area contributed by atoms with E-state index in [2.05, 4.69) is 13.8 Å². The molecule has 0 atom stereocenters. The van der Waals surface area contributed by atoms with Gasteiger partial charge in [0.05, 0.1) is 25.0 Å². The minimum absolute atomic E-state index is 0.312. The predicted octanol–water partition coefficient (Wildman–Crippen LogP) is 2.97. The van der Waals surface area contributed by atoms with Gasteiger partial charge in [0.2, 0.25) is 0 Å². The first-order chi connectivity index (χ1) is 9.56. The minimum atomic E-state index is -0.312. The summed E-state index contributed by atoms with van der Waals surface area (Å²) in [5, 5.41) is 0. The second-order valence-electron chi connectivity index (χ2n) is 5.23. The maximum atomic E-state index is 11.7. The third-order valence-electron chi connectivity index (χ3n) is 3.13. The average molecular weight is 279 g/mol. The molecule has 0 fully saturated rings. The Hall–Kier alpha value is -1.55. The van der Waals surface area contributed by atoms with Crippen LogP contribution in [0.4, 0.5) is 5.69 Å².